The molecule has 0 aliphatic carbocycles. The summed E-state index contributed by atoms with van der Waals surface area (Å²) in [6.07, 6.45) is 3.67. The van der Waals surface area contributed by atoms with Gasteiger partial charge in [-0.15, -0.1) is 0 Å². The number of amides is 1. The van der Waals surface area contributed by atoms with E-state index in [-0.39, 0.29) is 0 Å². The van der Waals surface area contributed by atoms with Crippen molar-refractivity contribution in [3.63, 3.8) is 0 Å². The summed E-state index contributed by atoms with van der Waals surface area (Å²) in [7, 11) is 0. The van der Waals surface area contributed by atoms with Crippen LogP contribution in [0.3, 0.4) is 0 Å². The van der Waals surface area contributed by atoms with Crippen LogP contribution in [0.4, 0.5) is 5.69 Å². The number of Topliss-reactive ketones (excluding diaryl/α,β-unsaturated/α-hetero) is 1. The van der Waals surface area contributed by atoms with E-state index in [0.29, 0.717) is 25.0 Å². The van der Waals surface area contributed by atoms with E-state index in [1.807, 2.05) is 31.2 Å². The van der Waals surface area contributed by atoms with Crippen LogP contribution in [0.15, 0.2) is 24.3 Å². The van der Waals surface area contributed by atoms with Crippen molar-refractivity contribution in [2.75, 3.05) is 5.32 Å². The Bertz CT molecular complexity index is 361. The average Bonchev–Trinajstić information content (AvgIpc) is 2.30. The Hall–Kier alpha value is -1.64. The van der Waals surface area contributed by atoms with Gasteiger partial charge < -0.3 is 5.32 Å². The molecule has 0 radical (unpaired) electrons. The molecule has 0 atom stereocenters. The third kappa shape index (κ3) is 4.26. The minimum Gasteiger partial charge on any atom is -0.329 e. The Morgan fingerprint density at radius 1 is 1.44 bits per heavy atom. The van der Waals surface area contributed by atoms with E-state index in [0.717, 1.165) is 24.1 Å². The lowest BCUT2D eigenvalue weighted by Gasteiger charge is -2.03. The van der Waals surface area contributed by atoms with E-state index in [2.05, 4.69) is 5.32 Å². The number of benzene rings is 1. The molecule has 0 unspecified atom stereocenters. The van der Waals surface area contributed by atoms with Crippen LogP contribution in [0.5, 0.6) is 0 Å². The number of nitrogens with one attached hydrogen (secondary N) is 1. The first-order valence-electron chi connectivity index (χ1n) is 5.57. The van der Waals surface area contributed by atoms with Gasteiger partial charge in [-0.3, -0.25) is 9.59 Å². The number of aryl methyl sites for hydroxylation is 1. The first kappa shape index (κ1) is 12.4. The summed E-state index contributed by atoms with van der Waals surface area (Å²) in [5, 5.41) is 2.61. The highest BCUT2D eigenvalue weighted by atomic mass is 16.1. The van der Waals surface area contributed by atoms with Crippen LogP contribution >= 0.6 is 0 Å². The molecule has 1 aromatic carbocycles. The Kier molecular flexibility index (Phi) is 5.26. The summed E-state index contributed by atoms with van der Waals surface area (Å²) in [6.45, 7) is 1.89. The second-order valence-corrected chi connectivity index (χ2v) is 3.71. The molecule has 1 rings (SSSR count). The van der Waals surface area contributed by atoms with Gasteiger partial charge in [0.1, 0.15) is 5.78 Å². The third-order valence-electron chi connectivity index (χ3n) is 2.47. The molecule has 3 nitrogen and oxygen atoms in total. The van der Waals surface area contributed by atoms with Crippen molar-refractivity contribution < 1.29 is 9.59 Å². The molecule has 3 heteroatoms. The van der Waals surface area contributed by atoms with Gasteiger partial charge in [0.15, 0.2) is 0 Å². The SMILES string of the molecule is CCC(=O)CCCc1cccc(NC=O)c1. The Labute approximate surface area is 95.9 Å². The molecule has 0 spiro atoms. The Balaban J connectivity index is 2.44. The highest BCUT2D eigenvalue weighted by Gasteiger charge is 1.99. The summed E-state index contributed by atoms with van der Waals surface area (Å²) in [6, 6.07) is 7.69. The third-order valence-corrected chi connectivity index (χ3v) is 2.47. The number of hydrogen-bond acceptors (Lipinski definition) is 2. The predicted octanol–water partition coefficient (Wildman–Crippen LogP) is 2.56. The van der Waals surface area contributed by atoms with Gasteiger partial charge in [-0.2, -0.15) is 0 Å². The molecule has 0 fully saturated rings. The zero-order valence-corrected chi connectivity index (χ0v) is 9.53. The van der Waals surface area contributed by atoms with Gasteiger partial charge in [-0.25, -0.2) is 0 Å². The normalized spacial score (nSPS) is 9.81. The monoisotopic (exact) mass is 219 g/mol. The lowest BCUT2D eigenvalue weighted by atomic mass is 10.1. The second kappa shape index (κ2) is 6.77. The van der Waals surface area contributed by atoms with Gasteiger partial charge in [0.05, 0.1) is 0 Å². The molecule has 0 aromatic heterocycles. The van der Waals surface area contributed by atoms with Crippen LogP contribution in [-0.2, 0) is 16.0 Å². The standard InChI is InChI=1S/C13H17NO2/c1-2-13(16)8-4-6-11-5-3-7-12(9-11)14-10-15/h3,5,7,9-10H,2,4,6,8H2,1H3,(H,14,15). The molecular formula is C13H17NO2. The number of rotatable bonds is 7. The highest BCUT2D eigenvalue weighted by Crippen LogP contribution is 2.12. The van der Waals surface area contributed by atoms with Crippen molar-refractivity contribution in [1.29, 1.82) is 0 Å². The highest BCUT2D eigenvalue weighted by molar-refractivity contribution is 5.78. The zero-order valence-electron chi connectivity index (χ0n) is 9.53. The number of carbonyl (C=O) groups excluding carboxylic acids is 2. The summed E-state index contributed by atoms with van der Waals surface area (Å²) < 4.78 is 0. The lowest BCUT2D eigenvalue weighted by Crippen LogP contribution is -1.97. The van der Waals surface area contributed by atoms with E-state index in [1.165, 1.54) is 0 Å². The maximum Gasteiger partial charge on any atom is 0.211 e. The fourth-order valence-electron chi connectivity index (χ4n) is 1.55. The zero-order chi connectivity index (χ0) is 11.8. The second-order valence-electron chi connectivity index (χ2n) is 3.71. The number of hydrogen-bond donors (Lipinski definition) is 1. The molecule has 86 valence electrons. The topological polar surface area (TPSA) is 46.2 Å². The fraction of sp³-hybridized carbons (Fsp3) is 0.385. The van der Waals surface area contributed by atoms with Gasteiger partial charge in [-0.1, -0.05) is 19.1 Å². The molecule has 1 amide bonds. The molecule has 0 saturated heterocycles. The van der Waals surface area contributed by atoms with E-state index in [4.69, 9.17) is 0 Å². The Morgan fingerprint density at radius 3 is 2.94 bits per heavy atom. The first-order valence-corrected chi connectivity index (χ1v) is 5.57. The van der Waals surface area contributed by atoms with Crippen molar-refractivity contribution in [1.82, 2.24) is 0 Å². The van der Waals surface area contributed by atoms with E-state index < -0.39 is 0 Å². The molecule has 1 N–H and O–H groups in total. The van der Waals surface area contributed by atoms with Crippen molar-refractivity contribution in [3.05, 3.63) is 29.8 Å². The van der Waals surface area contributed by atoms with Crippen molar-refractivity contribution >= 4 is 17.9 Å². The van der Waals surface area contributed by atoms with Crippen LogP contribution in [0.25, 0.3) is 0 Å². The molecule has 0 saturated carbocycles. The predicted molar refractivity (Wildman–Crippen MR) is 64.4 cm³/mol. The molecule has 0 heterocycles. The maximum atomic E-state index is 11.1. The molecule has 1 aromatic rings. The smallest absolute Gasteiger partial charge is 0.211 e. The number of anilines is 1. The molecule has 0 aliphatic heterocycles. The van der Waals surface area contributed by atoms with Crippen LogP contribution in [0.1, 0.15) is 31.7 Å². The molecule has 0 bridgehead atoms. The van der Waals surface area contributed by atoms with Crippen molar-refractivity contribution in [3.8, 4) is 0 Å². The van der Waals surface area contributed by atoms with E-state index >= 15 is 0 Å². The summed E-state index contributed by atoms with van der Waals surface area (Å²) in [5.41, 5.74) is 1.95. The van der Waals surface area contributed by atoms with Crippen LogP contribution < -0.4 is 5.32 Å². The number of carbonyl (C=O) groups is 2. The van der Waals surface area contributed by atoms with E-state index in [1.54, 1.807) is 0 Å². The fourth-order valence-corrected chi connectivity index (χ4v) is 1.55. The molecular weight excluding hydrogens is 202 g/mol. The van der Waals surface area contributed by atoms with Crippen LogP contribution in [0, 0.1) is 0 Å². The van der Waals surface area contributed by atoms with Crippen LogP contribution in [0.2, 0.25) is 0 Å². The van der Waals surface area contributed by atoms with Gasteiger partial charge in [-0.05, 0) is 30.5 Å². The van der Waals surface area contributed by atoms with Gasteiger partial charge in [0.2, 0.25) is 6.41 Å². The summed E-state index contributed by atoms with van der Waals surface area (Å²) in [5.74, 6) is 0.308. The quantitative estimate of drug-likeness (QED) is 0.716. The first-order chi connectivity index (χ1) is 7.76. The summed E-state index contributed by atoms with van der Waals surface area (Å²) >= 11 is 0. The van der Waals surface area contributed by atoms with Gasteiger partial charge in [0, 0.05) is 18.5 Å². The van der Waals surface area contributed by atoms with Crippen molar-refractivity contribution in [2.45, 2.75) is 32.6 Å². The Morgan fingerprint density at radius 2 is 2.25 bits per heavy atom. The summed E-state index contributed by atoms with van der Waals surface area (Å²) in [4.78, 5) is 21.4. The van der Waals surface area contributed by atoms with Crippen molar-refractivity contribution in [2.24, 2.45) is 0 Å². The molecule has 16 heavy (non-hydrogen) atoms. The molecule has 0 aliphatic rings. The minimum absolute atomic E-state index is 0.308. The largest absolute Gasteiger partial charge is 0.329 e. The maximum absolute atomic E-state index is 11.1. The van der Waals surface area contributed by atoms with Gasteiger partial charge >= 0.3 is 0 Å². The number of ketones is 1. The van der Waals surface area contributed by atoms with E-state index in [9.17, 15) is 9.59 Å². The lowest BCUT2D eigenvalue weighted by molar-refractivity contribution is -0.118. The van der Waals surface area contributed by atoms with Gasteiger partial charge in [0.25, 0.3) is 0 Å². The van der Waals surface area contributed by atoms with Crippen LogP contribution in [-0.4, -0.2) is 12.2 Å². The minimum atomic E-state index is 0.308. The average molecular weight is 219 g/mol.